The Morgan fingerprint density at radius 1 is 1.40 bits per heavy atom. The van der Waals surface area contributed by atoms with Crippen LogP contribution in [0.3, 0.4) is 0 Å². The van der Waals surface area contributed by atoms with Crippen LogP contribution in [0.2, 0.25) is 5.02 Å². The van der Waals surface area contributed by atoms with Crippen LogP contribution in [0.1, 0.15) is 45.1 Å². The minimum absolute atomic E-state index is 0.0411. The second kappa shape index (κ2) is 7.63. The Morgan fingerprint density at radius 2 is 2.10 bits per heavy atom. The average molecular weight is 315 g/mol. The zero-order valence-corrected chi connectivity index (χ0v) is 13.3. The number of hydrogen-bond acceptors (Lipinski definition) is 3. The SMILES string of the molecule is CCCCCC(C)NS(=O)(=O)c1cc(C#N)ccc1Cl. The number of nitrogens with zero attached hydrogens (tertiary/aromatic N) is 1. The lowest BCUT2D eigenvalue weighted by atomic mass is 10.1. The normalized spacial score (nSPS) is 12.9. The van der Waals surface area contributed by atoms with E-state index in [-0.39, 0.29) is 21.5 Å². The first kappa shape index (κ1) is 17.0. The predicted octanol–water partition coefficient (Wildman–Crippen LogP) is 3.46. The molecule has 0 aliphatic carbocycles. The van der Waals surface area contributed by atoms with Crippen molar-refractivity contribution in [3.05, 3.63) is 28.8 Å². The second-order valence-corrected chi connectivity index (χ2v) is 6.86. The van der Waals surface area contributed by atoms with Crippen LogP contribution in [-0.2, 0) is 10.0 Å². The van der Waals surface area contributed by atoms with Crippen molar-refractivity contribution in [3.63, 3.8) is 0 Å². The van der Waals surface area contributed by atoms with Gasteiger partial charge in [-0.25, -0.2) is 13.1 Å². The highest BCUT2D eigenvalue weighted by molar-refractivity contribution is 7.89. The molecule has 0 bridgehead atoms. The smallest absolute Gasteiger partial charge is 0.208 e. The number of rotatable bonds is 7. The van der Waals surface area contributed by atoms with Crippen LogP contribution < -0.4 is 4.72 Å². The third-order valence-electron chi connectivity index (χ3n) is 2.95. The summed E-state index contributed by atoms with van der Waals surface area (Å²) in [5.41, 5.74) is 0.272. The van der Waals surface area contributed by atoms with Gasteiger partial charge in [-0.1, -0.05) is 37.8 Å². The lowest BCUT2D eigenvalue weighted by Gasteiger charge is -2.15. The van der Waals surface area contributed by atoms with Gasteiger partial charge in [-0.15, -0.1) is 0 Å². The van der Waals surface area contributed by atoms with Gasteiger partial charge in [-0.2, -0.15) is 5.26 Å². The van der Waals surface area contributed by atoms with Gasteiger partial charge in [0.2, 0.25) is 10.0 Å². The van der Waals surface area contributed by atoms with Crippen LogP contribution in [0.5, 0.6) is 0 Å². The van der Waals surface area contributed by atoms with Crippen molar-refractivity contribution in [2.75, 3.05) is 0 Å². The molecule has 0 heterocycles. The first-order valence-electron chi connectivity index (χ1n) is 6.62. The molecule has 20 heavy (non-hydrogen) atoms. The van der Waals surface area contributed by atoms with Gasteiger partial charge in [0, 0.05) is 6.04 Å². The van der Waals surface area contributed by atoms with E-state index in [1.165, 1.54) is 18.2 Å². The highest BCUT2D eigenvalue weighted by Crippen LogP contribution is 2.23. The molecule has 110 valence electrons. The molecule has 0 fully saturated rings. The van der Waals surface area contributed by atoms with Crippen molar-refractivity contribution in [2.24, 2.45) is 0 Å². The maximum Gasteiger partial charge on any atom is 0.242 e. The lowest BCUT2D eigenvalue weighted by molar-refractivity contribution is 0.527. The Hall–Kier alpha value is -1.09. The van der Waals surface area contributed by atoms with E-state index in [1.807, 2.05) is 13.0 Å². The second-order valence-electron chi connectivity index (χ2n) is 4.78. The number of unbranched alkanes of at least 4 members (excludes halogenated alkanes) is 2. The van der Waals surface area contributed by atoms with Crippen molar-refractivity contribution in [1.82, 2.24) is 4.72 Å². The average Bonchev–Trinajstić information content (AvgIpc) is 2.38. The monoisotopic (exact) mass is 314 g/mol. The van der Waals surface area contributed by atoms with Crippen LogP contribution in [-0.4, -0.2) is 14.5 Å². The summed E-state index contributed by atoms with van der Waals surface area (Å²) in [5, 5.41) is 8.96. The summed E-state index contributed by atoms with van der Waals surface area (Å²) in [6.45, 7) is 3.93. The Morgan fingerprint density at radius 3 is 2.70 bits per heavy atom. The molecule has 0 aliphatic heterocycles. The van der Waals surface area contributed by atoms with E-state index in [9.17, 15) is 8.42 Å². The van der Waals surface area contributed by atoms with Gasteiger partial charge in [0.25, 0.3) is 0 Å². The molecule has 1 atom stereocenters. The molecule has 0 spiro atoms. The van der Waals surface area contributed by atoms with E-state index in [0.29, 0.717) is 0 Å². The Balaban J connectivity index is 2.86. The fraction of sp³-hybridized carbons (Fsp3) is 0.500. The van der Waals surface area contributed by atoms with Crippen LogP contribution in [0, 0.1) is 11.3 Å². The molecular formula is C14H19ClN2O2S. The minimum Gasteiger partial charge on any atom is -0.208 e. The van der Waals surface area contributed by atoms with E-state index >= 15 is 0 Å². The van der Waals surface area contributed by atoms with Crippen molar-refractivity contribution in [3.8, 4) is 6.07 Å². The summed E-state index contributed by atoms with van der Waals surface area (Å²) >= 11 is 5.92. The molecule has 1 unspecified atom stereocenters. The van der Waals surface area contributed by atoms with Gasteiger partial charge in [-0.05, 0) is 31.5 Å². The first-order valence-corrected chi connectivity index (χ1v) is 8.48. The number of nitrogens with one attached hydrogen (secondary N) is 1. The van der Waals surface area contributed by atoms with Crippen LogP contribution >= 0.6 is 11.6 Å². The molecule has 4 nitrogen and oxygen atoms in total. The number of nitriles is 1. The van der Waals surface area contributed by atoms with Crippen LogP contribution in [0.25, 0.3) is 0 Å². The maximum absolute atomic E-state index is 12.3. The Labute approximate surface area is 125 Å². The molecule has 1 aromatic carbocycles. The quantitative estimate of drug-likeness (QED) is 0.783. The number of hydrogen-bond donors (Lipinski definition) is 1. The topological polar surface area (TPSA) is 70.0 Å². The summed E-state index contributed by atoms with van der Waals surface area (Å²) in [5.74, 6) is 0. The van der Waals surface area contributed by atoms with E-state index in [4.69, 9.17) is 16.9 Å². The summed E-state index contributed by atoms with van der Waals surface area (Å²) < 4.78 is 27.1. The Bertz CT molecular complexity index is 594. The first-order chi connectivity index (χ1) is 9.40. The predicted molar refractivity (Wildman–Crippen MR) is 80.1 cm³/mol. The summed E-state index contributed by atoms with van der Waals surface area (Å²) in [6.07, 6.45) is 3.93. The van der Waals surface area contributed by atoms with Crippen molar-refractivity contribution >= 4 is 21.6 Å². The van der Waals surface area contributed by atoms with Gasteiger partial charge in [0.1, 0.15) is 4.90 Å². The summed E-state index contributed by atoms with van der Waals surface area (Å²) in [7, 11) is -3.69. The fourth-order valence-electron chi connectivity index (χ4n) is 1.87. The van der Waals surface area contributed by atoms with E-state index < -0.39 is 10.0 Å². The van der Waals surface area contributed by atoms with Gasteiger partial charge in [0.05, 0.1) is 16.7 Å². The highest BCUT2D eigenvalue weighted by atomic mass is 35.5. The molecule has 0 aromatic heterocycles. The third kappa shape index (κ3) is 4.78. The van der Waals surface area contributed by atoms with E-state index in [2.05, 4.69) is 11.6 Å². The zero-order chi connectivity index (χ0) is 15.2. The van der Waals surface area contributed by atoms with Crippen LogP contribution in [0.15, 0.2) is 23.1 Å². The third-order valence-corrected chi connectivity index (χ3v) is 5.02. The van der Waals surface area contributed by atoms with Gasteiger partial charge < -0.3 is 0 Å². The molecule has 1 rings (SSSR count). The largest absolute Gasteiger partial charge is 0.242 e. The van der Waals surface area contributed by atoms with Crippen molar-refractivity contribution < 1.29 is 8.42 Å². The molecular weight excluding hydrogens is 296 g/mol. The summed E-state index contributed by atoms with van der Waals surface area (Å²) in [6, 6.07) is 5.97. The van der Waals surface area contributed by atoms with E-state index in [0.717, 1.165) is 25.7 Å². The Kier molecular flexibility index (Phi) is 6.47. The highest BCUT2D eigenvalue weighted by Gasteiger charge is 2.20. The van der Waals surface area contributed by atoms with Gasteiger partial charge in [-0.3, -0.25) is 0 Å². The molecule has 0 saturated heterocycles. The molecule has 1 aromatic rings. The maximum atomic E-state index is 12.3. The molecule has 1 N–H and O–H groups in total. The van der Waals surface area contributed by atoms with Crippen LogP contribution in [0.4, 0.5) is 0 Å². The molecule has 0 amide bonds. The van der Waals surface area contributed by atoms with Gasteiger partial charge >= 0.3 is 0 Å². The van der Waals surface area contributed by atoms with E-state index in [1.54, 1.807) is 0 Å². The molecule has 0 aliphatic rings. The molecule has 0 saturated carbocycles. The molecule has 6 heteroatoms. The standard InChI is InChI=1S/C14H19ClN2O2S/c1-3-4-5-6-11(2)17-20(18,19)14-9-12(10-16)7-8-13(14)15/h7-9,11,17H,3-6H2,1-2H3. The number of sulfonamides is 1. The number of halogens is 1. The van der Waals surface area contributed by atoms with Gasteiger partial charge in [0.15, 0.2) is 0 Å². The lowest BCUT2D eigenvalue weighted by Crippen LogP contribution is -2.32. The van der Waals surface area contributed by atoms with Crippen molar-refractivity contribution in [1.29, 1.82) is 5.26 Å². The number of benzene rings is 1. The summed E-state index contributed by atoms with van der Waals surface area (Å²) in [4.78, 5) is -0.0411. The minimum atomic E-state index is -3.69. The van der Waals surface area contributed by atoms with Crippen molar-refractivity contribution in [2.45, 2.75) is 50.5 Å². The zero-order valence-electron chi connectivity index (χ0n) is 11.7. The fourth-order valence-corrected chi connectivity index (χ4v) is 3.67. The molecule has 0 radical (unpaired) electrons.